The van der Waals surface area contributed by atoms with Crippen molar-refractivity contribution in [3.8, 4) is 0 Å². The molecule has 1 aromatic rings. The van der Waals surface area contributed by atoms with E-state index in [4.69, 9.17) is 16.3 Å². The van der Waals surface area contributed by atoms with Gasteiger partial charge in [-0.15, -0.1) is 0 Å². The van der Waals surface area contributed by atoms with E-state index < -0.39 is 0 Å². The average molecular weight is 274 g/mol. The molecule has 0 aromatic heterocycles. The zero-order chi connectivity index (χ0) is 13.5. The van der Waals surface area contributed by atoms with Gasteiger partial charge in [0.25, 0.3) is 0 Å². The number of nitrogens with one attached hydrogen (secondary N) is 1. The van der Waals surface area contributed by atoms with Gasteiger partial charge in [0.2, 0.25) is 0 Å². The SMILES string of the molecule is CCCNC(c1ccc(Cl)cc1F)C(CC)OC. The molecule has 1 rings (SSSR count). The van der Waals surface area contributed by atoms with Crippen LogP contribution in [0, 0.1) is 5.82 Å². The third kappa shape index (κ3) is 3.94. The molecule has 0 saturated carbocycles. The first kappa shape index (κ1) is 15.4. The Labute approximate surface area is 113 Å². The minimum atomic E-state index is -0.286. The van der Waals surface area contributed by atoms with Crippen molar-refractivity contribution in [1.29, 1.82) is 0 Å². The molecule has 1 N–H and O–H groups in total. The van der Waals surface area contributed by atoms with Crippen LogP contribution in [0.3, 0.4) is 0 Å². The predicted octanol–water partition coefficient (Wildman–Crippen LogP) is 3.94. The maximum Gasteiger partial charge on any atom is 0.129 e. The Balaban J connectivity index is 3.00. The Morgan fingerprint density at radius 2 is 2.11 bits per heavy atom. The van der Waals surface area contributed by atoms with Crippen LogP contribution in [0.25, 0.3) is 0 Å². The zero-order valence-electron chi connectivity index (χ0n) is 11.2. The summed E-state index contributed by atoms with van der Waals surface area (Å²) in [5, 5.41) is 3.75. The minimum Gasteiger partial charge on any atom is -0.379 e. The van der Waals surface area contributed by atoms with E-state index in [1.54, 1.807) is 19.2 Å². The molecule has 0 aliphatic rings. The molecule has 0 radical (unpaired) electrons. The van der Waals surface area contributed by atoms with Gasteiger partial charge in [0.15, 0.2) is 0 Å². The highest BCUT2D eigenvalue weighted by molar-refractivity contribution is 6.30. The van der Waals surface area contributed by atoms with Gasteiger partial charge in [-0.1, -0.05) is 31.5 Å². The van der Waals surface area contributed by atoms with Gasteiger partial charge >= 0.3 is 0 Å². The molecule has 2 unspecified atom stereocenters. The van der Waals surface area contributed by atoms with Gasteiger partial charge in [-0.2, -0.15) is 0 Å². The lowest BCUT2D eigenvalue weighted by Crippen LogP contribution is -2.34. The second kappa shape index (κ2) is 7.72. The van der Waals surface area contributed by atoms with Gasteiger partial charge in [0.1, 0.15) is 5.82 Å². The highest BCUT2D eigenvalue weighted by Gasteiger charge is 2.23. The van der Waals surface area contributed by atoms with Crippen LogP contribution in [0.4, 0.5) is 4.39 Å². The summed E-state index contributed by atoms with van der Waals surface area (Å²) in [4.78, 5) is 0. The highest BCUT2D eigenvalue weighted by atomic mass is 35.5. The fourth-order valence-electron chi connectivity index (χ4n) is 2.03. The Morgan fingerprint density at radius 3 is 2.61 bits per heavy atom. The monoisotopic (exact) mass is 273 g/mol. The van der Waals surface area contributed by atoms with Crippen LogP contribution in [-0.2, 0) is 4.74 Å². The first-order valence-electron chi connectivity index (χ1n) is 6.35. The molecule has 0 spiro atoms. The summed E-state index contributed by atoms with van der Waals surface area (Å²) < 4.78 is 19.4. The quantitative estimate of drug-likeness (QED) is 0.812. The Morgan fingerprint density at radius 1 is 1.39 bits per heavy atom. The first-order chi connectivity index (χ1) is 8.63. The predicted molar refractivity (Wildman–Crippen MR) is 73.5 cm³/mol. The summed E-state index contributed by atoms with van der Waals surface area (Å²) >= 11 is 5.78. The lowest BCUT2D eigenvalue weighted by atomic mass is 9.98. The van der Waals surface area contributed by atoms with Crippen molar-refractivity contribution in [1.82, 2.24) is 5.32 Å². The molecule has 102 valence electrons. The number of hydrogen-bond donors (Lipinski definition) is 1. The molecule has 2 nitrogen and oxygen atoms in total. The van der Waals surface area contributed by atoms with Crippen molar-refractivity contribution < 1.29 is 9.13 Å². The van der Waals surface area contributed by atoms with Gasteiger partial charge in [-0.25, -0.2) is 4.39 Å². The maximum atomic E-state index is 14.0. The Kier molecular flexibility index (Phi) is 6.61. The summed E-state index contributed by atoms with van der Waals surface area (Å²) in [5.41, 5.74) is 0.613. The van der Waals surface area contributed by atoms with Gasteiger partial charge in [-0.3, -0.25) is 0 Å². The van der Waals surface area contributed by atoms with E-state index in [-0.39, 0.29) is 18.0 Å². The molecular weight excluding hydrogens is 253 g/mol. The van der Waals surface area contributed by atoms with Crippen molar-refractivity contribution in [3.63, 3.8) is 0 Å². The summed E-state index contributed by atoms with van der Waals surface area (Å²) in [6, 6.07) is 4.65. The van der Waals surface area contributed by atoms with Crippen molar-refractivity contribution in [3.05, 3.63) is 34.6 Å². The normalized spacial score (nSPS) is 14.5. The van der Waals surface area contributed by atoms with E-state index in [0.29, 0.717) is 10.6 Å². The van der Waals surface area contributed by atoms with Crippen LogP contribution in [-0.4, -0.2) is 19.8 Å². The average Bonchev–Trinajstić information content (AvgIpc) is 2.35. The molecule has 1 aromatic carbocycles. The third-order valence-electron chi connectivity index (χ3n) is 2.99. The summed E-state index contributed by atoms with van der Waals surface area (Å²) in [7, 11) is 1.66. The van der Waals surface area contributed by atoms with Gasteiger partial charge < -0.3 is 10.1 Å². The molecule has 0 amide bonds. The van der Waals surface area contributed by atoms with Crippen molar-refractivity contribution in [2.45, 2.75) is 38.8 Å². The fourth-order valence-corrected chi connectivity index (χ4v) is 2.19. The molecule has 0 saturated heterocycles. The first-order valence-corrected chi connectivity index (χ1v) is 6.72. The topological polar surface area (TPSA) is 21.3 Å². The molecule has 2 atom stereocenters. The van der Waals surface area contributed by atoms with E-state index in [0.717, 1.165) is 19.4 Å². The Hall–Kier alpha value is -0.640. The minimum absolute atomic E-state index is 0.0489. The zero-order valence-corrected chi connectivity index (χ0v) is 11.9. The lowest BCUT2D eigenvalue weighted by molar-refractivity contribution is 0.0639. The Bertz CT molecular complexity index is 369. The molecule has 4 heteroatoms. The number of ether oxygens (including phenoxy) is 1. The molecule has 0 aliphatic carbocycles. The molecule has 0 fully saturated rings. The van der Waals surface area contributed by atoms with Crippen LogP contribution in [0.1, 0.15) is 38.3 Å². The van der Waals surface area contributed by atoms with Crippen molar-refractivity contribution in [2.24, 2.45) is 0 Å². The second-order valence-corrected chi connectivity index (χ2v) is 4.72. The molecular formula is C14H21ClFNO. The highest BCUT2D eigenvalue weighted by Crippen LogP contribution is 2.26. The van der Waals surface area contributed by atoms with Crippen LogP contribution in [0.2, 0.25) is 5.02 Å². The van der Waals surface area contributed by atoms with Crippen LogP contribution in [0.15, 0.2) is 18.2 Å². The van der Waals surface area contributed by atoms with E-state index in [2.05, 4.69) is 12.2 Å². The smallest absolute Gasteiger partial charge is 0.129 e. The number of hydrogen-bond acceptors (Lipinski definition) is 2. The van der Waals surface area contributed by atoms with Gasteiger partial charge in [-0.05, 0) is 31.5 Å². The molecule has 0 bridgehead atoms. The number of benzene rings is 1. The van der Waals surface area contributed by atoms with Gasteiger partial charge in [0, 0.05) is 17.7 Å². The third-order valence-corrected chi connectivity index (χ3v) is 3.22. The second-order valence-electron chi connectivity index (χ2n) is 4.28. The molecule has 18 heavy (non-hydrogen) atoms. The van der Waals surface area contributed by atoms with E-state index in [1.165, 1.54) is 6.07 Å². The lowest BCUT2D eigenvalue weighted by Gasteiger charge is -2.27. The van der Waals surface area contributed by atoms with E-state index in [9.17, 15) is 4.39 Å². The number of methoxy groups -OCH3 is 1. The summed E-state index contributed by atoms with van der Waals surface area (Å²) in [6.45, 7) is 4.94. The van der Waals surface area contributed by atoms with Crippen LogP contribution in [0.5, 0.6) is 0 Å². The number of rotatable bonds is 7. The van der Waals surface area contributed by atoms with E-state index >= 15 is 0 Å². The summed E-state index contributed by atoms with van der Waals surface area (Å²) in [6.07, 6.45) is 1.76. The van der Waals surface area contributed by atoms with Crippen molar-refractivity contribution in [2.75, 3.05) is 13.7 Å². The fraction of sp³-hybridized carbons (Fsp3) is 0.571. The molecule has 0 heterocycles. The van der Waals surface area contributed by atoms with Gasteiger partial charge in [0.05, 0.1) is 12.1 Å². The molecule has 0 aliphatic heterocycles. The summed E-state index contributed by atoms with van der Waals surface area (Å²) in [5.74, 6) is -0.286. The van der Waals surface area contributed by atoms with Crippen LogP contribution >= 0.6 is 11.6 Å². The van der Waals surface area contributed by atoms with Crippen LogP contribution < -0.4 is 5.32 Å². The van der Waals surface area contributed by atoms with E-state index in [1.807, 2.05) is 6.92 Å². The maximum absolute atomic E-state index is 14.0. The standard InChI is InChI=1S/C14H21ClFNO/c1-4-8-17-14(13(5-2)18-3)11-7-6-10(15)9-12(11)16/h6-7,9,13-14,17H,4-5,8H2,1-3H3. The number of halogens is 2. The largest absolute Gasteiger partial charge is 0.379 e. The van der Waals surface area contributed by atoms with Crippen molar-refractivity contribution >= 4 is 11.6 Å².